The average molecular weight is 253 g/mol. The highest BCUT2D eigenvalue weighted by molar-refractivity contribution is 5.84. The molecule has 4 heteroatoms. The molecule has 0 aromatic rings. The van der Waals surface area contributed by atoms with Gasteiger partial charge in [0.25, 0.3) is 0 Å². The Morgan fingerprint density at radius 3 is 2.56 bits per heavy atom. The Kier molecular flexibility index (Phi) is 4.28. The van der Waals surface area contributed by atoms with Crippen LogP contribution in [0.4, 0.5) is 0 Å². The lowest BCUT2D eigenvalue weighted by atomic mass is 9.77. The van der Waals surface area contributed by atoms with E-state index in [0.29, 0.717) is 6.04 Å². The highest BCUT2D eigenvalue weighted by Crippen LogP contribution is 2.32. The fourth-order valence-electron chi connectivity index (χ4n) is 3.36. The summed E-state index contributed by atoms with van der Waals surface area (Å²) in [6.07, 6.45) is 7.79. The summed E-state index contributed by atoms with van der Waals surface area (Å²) in [5, 5.41) is 0. The Morgan fingerprint density at radius 2 is 2.06 bits per heavy atom. The molecule has 104 valence electrons. The van der Waals surface area contributed by atoms with E-state index in [9.17, 15) is 4.79 Å². The van der Waals surface area contributed by atoms with Crippen LogP contribution in [0.15, 0.2) is 0 Å². The average Bonchev–Trinajstić information content (AvgIpc) is 2.27. The third-order valence-electron chi connectivity index (χ3n) is 4.89. The minimum atomic E-state index is -0.768. The predicted octanol–water partition coefficient (Wildman–Crippen LogP) is 1.23. The van der Waals surface area contributed by atoms with Crippen molar-refractivity contribution in [1.82, 2.24) is 4.90 Å². The molecule has 2 aliphatic carbocycles. The zero-order valence-corrected chi connectivity index (χ0v) is 11.5. The SMILES string of the molecule is CCN(CC1CCC1)C1CCCC(N)(C(N)=O)C1. The van der Waals surface area contributed by atoms with Crippen molar-refractivity contribution in [2.24, 2.45) is 17.4 Å². The number of nitrogens with two attached hydrogens (primary N) is 2. The molecule has 0 aromatic carbocycles. The zero-order valence-electron chi connectivity index (χ0n) is 11.5. The van der Waals surface area contributed by atoms with E-state index in [1.807, 2.05) is 0 Å². The molecule has 0 spiro atoms. The first-order chi connectivity index (χ1) is 8.55. The number of amides is 1. The Balaban J connectivity index is 1.95. The van der Waals surface area contributed by atoms with E-state index >= 15 is 0 Å². The largest absolute Gasteiger partial charge is 0.368 e. The number of hydrogen-bond donors (Lipinski definition) is 2. The van der Waals surface area contributed by atoms with E-state index in [1.165, 1.54) is 25.8 Å². The lowest BCUT2D eigenvalue weighted by molar-refractivity contribution is -0.125. The second-order valence-corrected chi connectivity index (χ2v) is 6.16. The number of primary amides is 1. The van der Waals surface area contributed by atoms with Crippen molar-refractivity contribution in [2.45, 2.75) is 63.5 Å². The van der Waals surface area contributed by atoms with Gasteiger partial charge < -0.3 is 16.4 Å². The number of rotatable bonds is 5. The molecule has 2 atom stereocenters. The van der Waals surface area contributed by atoms with Crippen LogP contribution in [0.25, 0.3) is 0 Å². The normalized spacial score (nSPS) is 33.4. The third kappa shape index (κ3) is 2.86. The van der Waals surface area contributed by atoms with Crippen molar-refractivity contribution in [2.75, 3.05) is 13.1 Å². The van der Waals surface area contributed by atoms with Crippen LogP contribution < -0.4 is 11.5 Å². The maximum Gasteiger partial charge on any atom is 0.237 e. The monoisotopic (exact) mass is 253 g/mol. The van der Waals surface area contributed by atoms with E-state index < -0.39 is 5.54 Å². The molecule has 0 aromatic heterocycles. The van der Waals surface area contributed by atoms with Gasteiger partial charge in [0, 0.05) is 12.6 Å². The number of hydrogen-bond acceptors (Lipinski definition) is 3. The molecule has 2 rings (SSSR count). The van der Waals surface area contributed by atoms with Gasteiger partial charge in [0.15, 0.2) is 0 Å². The van der Waals surface area contributed by atoms with Crippen LogP contribution in [0.3, 0.4) is 0 Å². The number of carbonyl (C=O) groups excluding carboxylic acids is 1. The Bertz CT molecular complexity index is 303. The van der Waals surface area contributed by atoms with Crippen molar-refractivity contribution in [3.05, 3.63) is 0 Å². The molecule has 18 heavy (non-hydrogen) atoms. The van der Waals surface area contributed by atoms with Crippen LogP contribution in [0, 0.1) is 5.92 Å². The molecule has 4 nitrogen and oxygen atoms in total. The topological polar surface area (TPSA) is 72.3 Å². The van der Waals surface area contributed by atoms with Crippen molar-refractivity contribution < 1.29 is 4.79 Å². The molecule has 0 aliphatic heterocycles. The van der Waals surface area contributed by atoms with Crippen molar-refractivity contribution in [3.8, 4) is 0 Å². The number of carbonyl (C=O) groups is 1. The van der Waals surface area contributed by atoms with Crippen LogP contribution in [-0.2, 0) is 4.79 Å². The van der Waals surface area contributed by atoms with Gasteiger partial charge in [-0.25, -0.2) is 0 Å². The van der Waals surface area contributed by atoms with Gasteiger partial charge in [-0.1, -0.05) is 13.3 Å². The first-order valence-electron chi connectivity index (χ1n) is 7.38. The van der Waals surface area contributed by atoms with Crippen LogP contribution in [-0.4, -0.2) is 35.5 Å². The van der Waals surface area contributed by atoms with E-state index in [2.05, 4.69) is 11.8 Å². The fourth-order valence-corrected chi connectivity index (χ4v) is 3.36. The summed E-state index contributed by atoms with van der Waals surface area (Å²) in [5.74, 6) is 0.541. The summed E-state index contributed by atoms with van der Waals surface area (Å²) in [5.41, 5.74) is 10.9. The molecule has 2 fully saturated rings. The Labute approximate surface area is 110 Å². The molecule has 2 aliphatic rings. The third-order valence-corrected chi connectivity index (χ3v) is 4.89. The smallest absolute Gasteiger partial charge is 0.237 e. The van der Waals surface area contributed by atoms with Crippen LogP contribution in [0.5, 0.6) is 0 Å². The van der Waals surface area contributed by atoms with E-state index in [1.54, 1.807) is 0 Å². The quantitative estimate of drug-likeness (QED) is 0.774. The van der Waals surface area contributed by atoms with Gasteiger partial charge >= 0.3 is 0 Å². The first-order valence-corrected chi connectivity index (χ1v) is 7.38. The van der Waals surface area contributed by atoms with E-state index in [0.717, 1.165) is 38.1 Å². The second kappa shape index (κ2) is 5.57. The summed E-state index contributed by atoms with van der Waals surface area (Å²) in [6.45, 7) is 4.43. The molecule has 1 amide bonds. The Hall–Kier alpha value is -0.610. The van der Waals surface area contributed by atoms with E-state index in [4.69, 9.17) is 11.5 Å². The number of nitrogens with zero attached hydrogens (tertiary/aromatic N) is 1. The molecule has 0 heterocycles. The molecule has 0 bridgehead atoms. The van der Waals surface area contributed by atoms with Gasteiger partial charge in [-0.3, -0.25) is 4.79 Å². The van der Waals surface area contributed by atoms with Gasteiger partial charge in [-0.2, -0.15) is 0 Å². The second-order valence-electron chi connectivity index (χ2n) is 6.16. The summed E-state index contributed by atoms with van der Waals surface area (Å²) in [7, 11) is 0. The molecular weight excluding hydrogens is 226 g/mol. The Morgan fingerprint density at radius 1 is 1.33 bits per heavy atom. The van der Waals surface area contributed by atoms with Crippen LogP contribution in [0.2, 0.25) is 0 Å². The maximum absolute atomic E-state index is 11.5. The van der Waals surface area contributed by atoms with E-state index in [-0.39, 0.29) is 5.91 Å². The molecule has 2 unspecified atom stereocenters. The minimum Gasteiger partial charge on any atom is -0.368 e. The lowest BCUT2D eigenvalue weighted by Gasteiger charge is -2.43. The summed E-state index contributed by atoms with van der Waals surface area (Å²) >= 11 is 0. The van der Waals surface area contributed by atoms with Gasteiger partial charge in [0.1, 0.15) is 0 Å². The van der Waals surface area contributed by atoms with Gasteiger partial charge in [0.2, 0.25) is 5.91 Å². The summed E-state index contributed by atoms with van der Waals surface area (Å²) < 4.78 is 0. The molecule has 0 radical (unpaired) electrons. The van der Waals surface area contributed by atoms with Crippen molar-refractivity contribution >= 4 is 5.91 Å². The first kappa shape index (κ1) is 13.8. The highest BCUT2D eigenvalue weighted by Gasteiger charge is 2.39. The van der Waals surface area contributed by atoms with Crippen LogP contribution >= 0.6 is 0 Å². The standard InChI is InChI=1S/C14H27N3O/c1-2-17(10-11-5-3-6-11)12-7-4-8-14(16,9-12)13(15)18/h11-12H,2-10,16H2,1H3,(H2,15,18). The van der Waals surface area contributed by atoms with Crippen molar-refractivity contribution in [3.63, 3.8) is 0 Å². The fraction of sp³-hybridized carbons (Fsp3) is 0.929. The van der Waals surface area contributed by atoms with Gasteiger partial charge in [0.05, 0.1) is 5.54 Å². The maximum atomic E-state index is 11.5. The molecule has 2 saturated carbocycles. The zero-order chi connectivity index (χ0) is 13.2. The molecule has 4 N–H and O–H groups in total. The summed E-state index contributed by atoms with van der Waals surface area (Å²) in [6, 6.07) is 0.446. The predicted molar refractivity (Wildman–Crippen MR) is 73.0 cm³/mol. The van der Waals surface area contributed by atoms with Crippen LogP contribution in [0.1, 0.15) is 51.9 Å². The highest BCUT2D eigenvalue weighted by atomic mass is 16.1. The molecular formula is C14H27N3O. The van der Waals surface area contributed by atoms with Gasteiger partial charge in [-0.15, -0.1) is 0 Å². The lowest BCUT2D eigenvalue weighted by Crippen LogP contribution is -2.58. The van der Waals surface area contributed by atoms with Crippen molar-refractivity contribution in [1.29, 1.82) is 0 Å². The minimum absolute atomic E-state index is 0.327. The summed E-state index contributed by atoms with van der Waals surface area (Å²) in [4.78, 5) is 14.0. The molecule has 0 saturated heterocycles. The van der Waals surface area contributed by atoms with Gasteiger partial charge in [-0.05, 0) is 51.0 Å².